The normalized spacial score (nSPS) is 11.5. The van der Waals surface area contributed by atoms with Crippen molar-refractivity contribution in [1.29, 1.82) is 0 Å². The van der Waals surface area contributed by atoms with Crippen molar-refractivity contribution in [3.63, 3.8) is 0 Å². The summed E-state index contributed by atoms with van der Waals surface area (Å²) in [4.78, 5) is 15.7. The van der Waals surface area contributed by atoms with E-state index in [1.54, 1.807) is 0 Å². The molecule has 0 bridgehead atoms. The summed E-state index contributed by atoms with van der Waals surface area (Å²) in [5.74, 6) is 1.76. The van der Waals surface area contributed by atoms with Gasteiger partial charge in [0, 0.05) is 60.3 Å². The lowest BCUT2D eigenvalue weighted by atomic mass is 9.96. The predicted octanol–water partition coefficient (Wildman–Crippen LogP) is 16.0. The van der Waals surface area contributed by atoms with Crippen LogP contribution in [0.5, 0.6) is 0 Å². The average molecular weight is 850 g/mol. The molecule has 0 aliphatic rings. The Morgan fingerprint density at radius 1 is 0.379 bits per heavy atom. The van der Waals surface area contributed by atoms with Gasteiger partial charge >= 0.3 is 0 Å². The molecular formula is C60H43N5O. The summed E-state index contributed by atoms with van der Waals surface area (Å²) < 4.78 is 11.1. The topological polar surface area (TPSA) is 61.7 Å². The highest BCUT2D eigenvalue weighted by molar-refractivity contribution is 6.15. The van der Waals surface area contributed by atoms with Gasteiger partial charge < -0.3 is 8.98 Å². The van der Waals surface area contributed by atoms with Gasteiger partial charge in [-0.05, 0) is 53.6 Å². The molecule has 4 heterocycles. The van der Waals surface area contributed by atoms with Crippen LogP contribution in [0.3, 0.4) is 0 Å². The van der Waals surface area contributed by atoms with Crippen molar-refractivity contribution >= 4 is 65.6 Å². The van der Waals surface area contributed by atoms with Crippen LogP contribution in [0.25, 0.3) is 122 Å². The van der Waals surface area contributed by atoms with Gasteiger partial charge in [0.1, 0.15) is 11.2 Å². The molecule has 66 heavy (non-hydrogen) atoms. The van der Waals surface area contributed by atoms with Crippen molar-refractivity contribution < 1.29 is 4.42 Å². The van der Waals surface area contributed by atoms with Gasteiger partial charge in [-0.25, -0.2) is 4.98 Å². The van der Waals surface area contributed by atoms with Gasteiger partial charge in [0.2, 0.25) is 5.95 Å². The van der Waals surface area contributed by atoms with Crippen molar-refractivity contribution in [3.05, 3.63) is 212 Å². The Hall–Kier alpha value is -8.61. The fourth-order valence-electron chi connectivity index (χ4n) is 9.56. The Morgan fingerprint density at radius 3 is 1.55 bits per heavy atom. The lowest BCUT2D eigenvalue weighted by Crippen LogP contribution is -2.07. The predicted molar refractivity (Wildman–Crippen MR) is 273 cm³/mol. The zero-order chi connectivity index (χ0) is 44.1. The minimum absolute atomic E-state index is 0.544. The Kier molecular flexibility index (Phi) is 9.57. The molecule has 6 nitrogen and oxygen atoms in total. The molecule has 13 aromatic rings. The van der Waals surface area contributed by atoms with E-state index in [4.69, 9.17) is 19.4 Å². The number of fused-ring (bicyclic) bond motifs is 9. The van der Waals surface area contributed by atoms with Gasteiger partial charge in [0.05, 0.1) is 22.1 Å². The van der Waals surface area contributed by atoms with E-state index in [-0.39, 0.29) is 0 Å². The quantitative estimate of drug-likeness (QED) is 0.167. The second-order valence-corrected chi connectivity index (χ2v) is 16.7. The summed E-state index contributed by atoms with van der Waals surface area (Å²) in [5.41, 5.74) is 13.3. The van der Waals surface area contributed by atoms with E-state index in [2.05, 4.69) is 187 Å². The van der Waals surface area contributed by atoms with Crippen LogP contribution in [0, 0.1) is 0 Å². The molecule has 13 rings (SSSR count). The van der Waals surface area contributed by atoms with Gasteiger partial charge in [-0.1, -0.05) is 190 Å². The first-order valence-corrected chi connectivity index (χ1v) is 22.6. The Morgan fingerprint density at radius 2 is 0.879 bits per heavy atom. The van der Waals surface area contributed by atoms with Gasteiger partial charge in [-0.3, -0.25) is 4.57 Å². The third-order valence-corrected chi connectivity index (χ3v) is 12.4. The van der Waals surface area contributed by atoms with Crippen molar-refractivity contribution in [2.75, 3.05) is 0 Å². The standard InChI is InChI=1S/C57H35N5O.C3H8/c1-3-16-36(17-4-1)55-58-56(37-18-5-2-6-19-37)60-57(59-55)62-51-33-32-40(61-49-29-10-7-22-43(49)44-23-8-11-30-50(44)61)35-48(51)46-27-14-25-41(53(46)62)38-20-13-21-39(34-38)42-26-15-28-47-45-24-9-12-31-52(45)63-54(42)47;1-3-2/h1-35H;3H2,1-2H3. The molecule has 0 unspecified atom stereocenters. The maximum Gasteiger partial charge on any atom is 0.238 e. The fourth-order valence-corrected chi connectivity index (χ4v) is 9.56. The summed E-state index contributed by atoms with van der Waals surface area (Å²) >= 11 is 0. The molecule has 0 atom stereocenters. The van der Waals surface area contributed by atoms with Crippen molar-refractivity contribution in [1.82, 2.24) is 24.1 Å². The molecule has 0 fully saturated rings. The van der Waals surface area contributed by atoms with Crippen molar-refractivity contribution in [2.45, 2.75) is 20.3 Å². The summed E-state index contributed by atoms with van der Waals surface area (Å²) in [6, 6.07) is 74.5. The molecular weight excluding hydrogens is 807 g/mol. The highest BCUT2D eigenvalue weighted by atomic mass is 16.3. The lowest BCUT2D eigenvalue weighted by Gasteiger charge is -2.14. The van der Waals surface area contributed by atoms with Crippen LogP contribution >= 0.6 is 0 Å². The number of benzene rings is 9. The molecule has 0 saturated heterocycles. The first-order valence-electron chi connectivity index (χ1n) is 22.6. The van der Waals surface area contributed by atoms with Crippen LogP contribution in [0.4, 0.5) is 0 Å². The van der Waals surface area contributed by atoms with Crippen molar-refractivity contribution in [3.8, 4) is 56.7 Å². The minimum atomic E-state index is 0.544. The second kappa shape index (κ2) is 16.2. The number of rotatable bonds is 6. The van der Waals surface area contributed by atoms with Crippen LogP contribution in [0.1, 0.15) is 20.3 Å². The van der Waals surface area contributed by atoms with Gasteiger partial charge in [0.15, 0.2) is 11.6 Å². The zero-order valence-corrected chi connectivity index (χ0v) is 36.6. The number of furan rings is 1. The van der Waals surface area contributed by atoms with E-state index in [1.165, 1.54) is 17.2 Å². The molecule has 0 aliphatic heterocycles. The third kappa shape index (κ3) is 6.45. The number of nitrogens with zero attached hydrogens (tertiary/aromatic N) is 5. The number of hydrogen-bond acceptors (Lipinski definition) is 4. The Bertz CT molecular complexity index is 3830. The first kappa shape index (κ1) is 39.0. The fraction of sp³-hybridized carbons (Fsp3) is 0.0500. The van der Waals surface area contributed by atoms with Gasteiger partial charge in [-0.15, -0.1) is 0 Å². The maximum absolute atomic E-state index is 6.53. The summed E-state index contributed by atoms with van der Waals surface area (Å²) in [6.45, 7) is 4.25. The molecule has 0 saturated carbocycles. The van der Waals surface area contributed by atoms with Gasteiger partial charge in [0.25, 0.3) is 0 Å². The molecule has 0 radical (unpaired) electrons. The number of hydrogen-bond donors (Lipinski definition) is 0. The molecule has 9 aromatic carbocycles. The number of para-hydroxylation sites is 5. The Balaban J connectivity index is 0.00000148. The average Bonchev–Trinajstić information content (AvgIpc) is 4.05. The molecule has 0 aliphatic carbocycles. The van der Waals surface area contributed by atoms with Crippen LogP contribution in [0.15, 0.2) is 217 Å². The molecule has 6 heteroatoms. The third-order valence-electron chi connectivity index (χ3n) is 12.4. The lowest BCUT2D eigenvalue weighted by molar-refractivity contribution is 0.670. The monoisotopic (exact) mass is 849 g/mol. The highest BCUT2D eigenvalue weighted by Crippen LogP contribution is 2.42. The molecule has 4 aromatic heterocycles. The molecule has 0 N–H and O–H groups in total. The summed E-state index contributed by atoms with van der Waals surface area (Å²) in [6.07, 6.45) is 1.25. The highest BCUT2D eigenvalue weighted by Gasteiger charge is 2.23. The number of aromatic nitrogens is 5. The molecule has 314 valence electrons. The van der Waals surface area contributed by atoms with Crippen molar-refractivity contribution in [2.24, 2.45) is 0 Å². The van der Waals surface area contributed by atoms with Crippen LogP contribution in [0.2, 0.25) is 0 Å². The maximum atomic E-state index is 6.53. The van der Waals surface area contributed by atoms with Crippen LogP contribution in [-0.4, -0.2) is 24.1 Å². The Labute approximate surface area is 381 Å². The summed E-state index contributed by atoms with van der Waals surface area (Å²) in [5, 5.41) is 6.86. The summed E-state index contributed by atoms with van der Waals surface area (Å²) in [7, 11) is 0. The largest absolute Gasteiger partial charge is 0.455 e. The van der Waals surface area contributed by atoms with Crippen LogP contribution in [-0.2, 0) is 0 Å². The van der Waals surface area contributed by atoms with E-state index in [1.807, 2.05) is 48.5 Å². The molecule has 0 amide bonds. The minimum Gasteiger partial charge on any atom is -0.455 e. The van der Waals surface area contributed by atoms with E-state index in [0.29, 0.717) is 17.6 Å². The van der Waals surface area contributed by atoms with E-state index in [0.717, 1.165) is 93.8 Å². The molecule has 0 spiro atoms. The van der Waals surface area contributed by atoms with E-state index in [9.17, 15) is 0 Å². The van der Waals surface area contributed by atoms with E-state index < -0.39 is 0 Å². The van der Waals surface area contributed by atoms with E-state index >= 15 is 0 Å². The van der Waals surface area contributed by atoms with Gasteiger partial charge in [-0.2, -0.15) is 9.97 Å². The second-order valence-electron chi connectivity index (χ2n) is 16.7. The van der Waals surface area contributed by atoms with Crippen LogP contribution < -0.4 is 0 Å². The SMILES string of the molecule is CCC.c1ccc(-c2nc(-c3ccccc3)nc(-n3c4ccc(-n5c6ccccc6c6ccccc65)cc4c4cccc(-c5cccc(-c6cccc7c6oc6ccccc67)c5)c43)n2)cc1. The first-order chi connectivity index (χ1) is 32.7. The zero-order valence-electron chi connectivity index (χ0n) is 36.6. The smallest absolute Gasteiger partial charge is 0.238 e.